The number of aromatic nitrogens is 2. The molecule has 8 heavy (non-hydrogen) atoms. The van der Waals surface area contributed by atoms with Gasteiger partial charge in [0.2, 0.25) is 0 Å². The van der Waals surface area contributed by atoms with E-state index in [1.54, 1.807) is 12.4 Å². The Balaban J connectivity index is 0.000000490. The first-order chi connectivity index (χ1) is 3.39. The molecule has 1 rings (SSSR count). The minimum atomic E-state index is 0. The van der Waals surface area contributed by atoms with Gasteiger partial charge in [0.1, 0.15) is 5.15 Å². The summed E-state index contributed by atoms with van der Waals surface area (Å²) in [7, 11) is 0. The predicted octanol–water partition coefficient (Wildman–Crippen LogP) is 0.749. The van der Waals surface area contributed by atoms with E-state index in [-0.39, 0.29) is 51.4 Å². The smallest absolute Gasteiger partial charge is 0.147 e. The average molecular weight is 154 g/mol. The zero-order chi connectivity index (χ0) is 5.11. The summed E-state index contributed by atoms with van der Waals surface area (Å²) in [5.74, 6) is 0. The Hall–Kier alpha value is 1.01. The topological polar surface area (TPSA) is 25.8 Å². The number of halogens is 1. The fourth-order valence-corrected chi connectivity index (χ4v) is 0.394. The standard InChI is InChI=1S/C4H3ClN2.K/c5-4-3-6-1-2-7-4;/h1-3H;. The van der Waals surface area contributed by atoms with Crippen molar-refractivity contribution in [3.63, 3.8) is 0 Å². The van der Waals surface area contributed by atoms with Gasteiger partial charge in [-0.05, 0) is 0 Å². The van der Waals surface area contributed by atoms with E-state index in [1.165, 1.54) is 6.20 Å². The predicted molar refractivity (Wildman–Crippen MR) is 32.8 cm³/mol. The van der Waals surface area contributed by atoms with Crippen LogP contribution in [-0.2, 0) is 0 Å². The van der Waals surface area contributed by atoms with E-state index in [0.717, 1.165) is 0 Å². The Morgan fingerprint density at radius 2 is 2.12 bits per heavy atom. The Kier molecular flexibility index (Phi) is 5.45. The van der Waals surface area contributed by atoms with Crippen LogP contribution in [0.2, 0.25) is 5.15 Å². The van der Waals surface area contributed by atoms with Gasteiger partial charge in [0.15, 0.2) is 0 Å². The quantitative estimate of drug-likeness (QED) is 0.514. The van der Waals surface area contributed by atoms with Crippen LogP contribution in [0.3, 0.4) is 0 Å². The zero-order valence-corrected chi connectivity index (χ0v) is 8.38. The largest absolute Gasteiger partial charge is 0.260 e. The minimum absolute atomic E-state index is 0. The molecule has 0 bridgehead atoms. The van der Waals surface area contributed by atoms with Gasteiger partial charge in [-0.1, -0.05) is 11.6 Å². The molecule has 37 valence electrons. The van der Waals surface area contributed by atoms with Gasteiger partial charge in [-0.3, -0.25) is 4.98 Å². The third-order valence-corrected chi connectivity index (χ3v) is 0.727. The Bertz CT molecular complexity index is 144. The van der Waals surface area contributed by atoms with Gasteiger partial charge in [0.25, 0.3) is 0 Å². The summed E-state index contributed by atoms with van der Waals surface area (Å²) in [6.07, 6.45) is 4.61. The van der Waals surface area contributed by atoms with Gasteiger partial charge < -0.3 is 0 Å². The molecule has 0 saturated heterocycles. The van der Waals surface area contributed by atoms with Crippen molar-refractivity contribution < 1.29 is 0 Å². The van der Waals surface area contributed by atoms with Gasteiger partial charge in [-0.2, -0.15) is 0 Å². The molecule has 0 aromatic carbocycles. The van der Waals surface area contributed by atoms with Crippen molar-refractivity contribution in [2.45, 2.75) is 0 Å². The average Bonchev–Trinajstić information content (AvgIpc) is 1.69. The molecule has 0 amide bonds. The number of hydrogen-bond donors (Lipinski definition) is 0. The molecule has 0 unspecified atom stereocenters. The van der Waals surface area contributed by atoms with E-state index in [2.05, 4.69) is 9.97 Å². The third-order valence-electron chi connectivity index (χ3n) is 0.532. The fraction of sp³-hybridized carbons (Fsp3) is 0. The molecule has 1 heterocycles. The van der Waals surface area contributed by atoms with Crippen molar-refractivity contribution in [3.8, 4) is 0 Å². The molecular weight excluding hydrogens is 151 g/mol. The second-order valence-corrected chi connectivity index (χ2v) is 1.42. The number of nitrogens with zero attached hydrogens (tertiary/aromatic N) is 2. The summed E-state index contributed by atoms with van der Waals surface area (Å²) in [4.78, 5) is 7.37. The minimum Gasteiger partial charge on any atom is -0.260 e. The van der Waals surface area contributed by atoms with Gasteiger partial charge in [-0.15, -0.1) is 0 Å². The second-order valence-electron chi connectivity index (χ2n) is 1.03. The van der Waals surface area contributed by atoms with E-state index in [9.17, 15) is 0 Å². The molecule has 0 spiro atoms. The van der Waals surface area contributed by atoms with Gasteiger partial charge in [0, 0.05) is 63.8 Å². The van der Waals surface area contributed by atoms with Crippen molar-refractivity contribution in [2.24, 2.45) is 0 Å². The van der Waals surface area contributed by atoms with Crippen molar-refractivity contribution in [1.82, 2.24) is 9.97 Å². The summed E-state index contributed by atoms with van der Waals surface area (Å²) in [5.41, 5.74) is 0. The van der Waals surface area contributed by atoms with Crippen LogP contribution >= 0.6 is 11.6 Å². The van der Waals surface area contributed by atoms with E-state index in [1.807, 2.05) is 0 Å². The SMILES string of the molecule is Clc1cnccn1.[K]. The third kappa shape index (κ3) is 3.12. The van der Waals surface area contributed by atoms with Crippen molar-refractivity contribution in [1.29, 1.82) is 0 Å². The first kappa shape index (κ1) is 9.01. The maximum Gasteiger partial charge on any atom is 0.147 e. The van der Waals surface area contributed by atoms with E-state index in [0.29, 0.717) is 5.15 Å². The molecule has 4 heteroatoms. The molecule has 0 aliphatic rings. The molecule has 0 saturated carbocycles. The molecule has 1 aromatic rings. The molecule has 0 N–H and O–H groups in total. The Morgan fingerprint density at radius 1 is 1.38 bits per heavy atom. The summed E-state index contributed by atoms with van der Waals surface area (Å²) < 4.78 is 0. The van der Waals surface area contributed by atoms with E-state index < -0.39 is 0 Å². The number of rotatable bonds is 0. The van der Waals surface area contributed by atoms with Gasteiger partial charge in [0.05, 0.1) is 6.20 Å². The van der Waals surface area contributed by atoms with Crippen LogP contribution in [0.25, 0.3) is 0 Å². The Morgan fingerprint density at radius 3 is 2.38 bits per heavy atom. The molecule has 1 radical (unpaired) electrons. The molecule has 2 nitrogen and oxygen atoms in total. The molecular formula is C4H3ClKN2. The van der Waals surface area contributed by atoms with Crippen molar-refractivity contribution in [3.05, 3.63) is 23.7 Å². The van der Waals surface area contributed by atoms with Crippen LogP contribution in [0.15, 0.2) is 18.6 Å². The van der Waals surface area contributed by atoms with Crippen molar-refractivity contribution in [2.75, 3.05) is 0 Å². The van der Waals surface area contributed by atoms with Crippen LogP contribution in [0.1, 0.15) is 0 Å². The maximum absolute atomic E-state index is 5.37. The van der Waals surface area contributed by atoms with Crippen LogP contribution < -0.4 is 0 Å². The monoisotopic (exact) mass is 153 g/mol. The summed E-state index contributed by atoms with van der Waals surface area (Å²) in [6.45, 7) is 0. The second kappa shape index (κ2) is 4.85. The summed E-state index contributed by atoms with van der Waals surface area (Å²) in [6, 6.07) is 0. The number of hydrogen-bond acceptors (Lipinski definition) is 2. The normalized spacial score (nSPS) is 7.62. The fourth-order valence-electron chi connectivity index (χ4n) is 0.281. The molecule has 0 fully saturated rings. The Labute approximate surface area is 95.1 Å². The first-order valence-corrected chi connectivity index (χ1v) is 2.19. The summed E-state index contributed by atoms with van der Waals surface area (Å²) >= 11 is 5.37. The van der Waals surface area contributed by atoms with E-state index >= 15 is 0 Å². The zero-order valence-electron chi connectivity index (χ0n) is 4.50. The van der Waals surface area contributed by atoms with Crippen LogP contribution in [-0.4, -0.2) is 61.4 Å². The molecule has 0 aliphatic carbocycles. The first-order valence-electron chi connectivity index (χ1n) is 1.81. The molecule has 1 aromatic heterocycles. The van der Waals surface area contributed by atoms with Crippen LogP contribution in [0, 0.1) is 0 Å². The van der Waals surface area contributed by atoms with Crippen LogP contribution in [0.4, 0.5) is 0 Å². The van der Waals surface area contributed by atoms with Crippen molar-refractivity contribution >= 4 is 63.0 Å². The van der Waals surface area contributed by atoms with Gasteiger partial charge >= 0.3 is 0 Å². The van der Waals surface area contributed by atoms with Gasteiger partial charge in [-0.25, -0.2) is 4.98 Å². The molecule has 0 aliphatic heterocycles. The maximum atomic E-state index is 5.37. The molecule has 0 atom stereocenters. The van der Waals surface area contributed by atoms with E-state index in [4.69, 9.17) is 11.6 Å². The van der Waals surface area contributed by atoms with Crippen LogP contribution in [0.5, 0.6) is 0 Å². The summed E-state index contributed by atoms with van der Waals surface area (Å²) in [5, 5.41) is 0.433.